The molecule has 0 amide bonds. The maximum absolute atomic E-state index is 8.58. The van der Waals surface area contributed by atoms with Gasteiger partial charge in [0, 0.05) is 16.1 Å². The van der Waals surface area contributed by atoms with E-state index in [4.69, 9.17) is 6.48 Å². The molecular formula is C7H16OSi. The highest BCUT2D eigenvalue weighted by molar-refractivity contribution is 6.35. The van der Waals surface area contributed by atoms with Crippen LogP contribution in [-0.2, 0) is 0 Å². The van der Waals surface area contributed by atoms with Crippen molar-refractivity contribution < 1.29 is 6.48 Å². The number of aliphatic hydroxyl groups is 1. The monoisotopic (exact) mass is 146 g/mol. The molecule has 2 radical (unpaired) electrons. The van der Waals surface area contributed by atoms with Crippen LogP contribution >= 0.6 is 0 Å². The molecule has 54 valence electrons. The van der Waals surface area contributed by atoms with Crippen LogP contribution in [0.2, 0.25) is 12.1 Å². The molecule has 0 aromatic carbocycles. The van der Waals surface area contributed by atoms with Gasteiger partial charge in [0.15, 0.2) is 0 Å². The average molecular weight is 146 g/mol. The molecule has 0 aliphatic heterocycles. The molecule has 0 fully saturated rings. The Morgan fingerprint density at radius 2 is 2.22 bits per heavy atom. The van der Waals surface area contributed by atoms with Gasteiger partial charge in [0.1, 0.15) is 0 Å². The zero-order valence-corrected chi connectivity index (χ0v) is 7.06. The summed E-state index contributed by atoms with van der Waals surface area (Å²) in [6.07, 6.45) is 2.93. The highest BCUT2D eigenvalue weighted by atomic mass is 28.2. The molecule has 0 aromatic heterocycles. The summed E-state index contributed by atoms with van der Waals surface area (Å²) in [5.74, 6) is 0. The average Bonchev–Trinajstić information content (AvgIpc) is 1.87. The van der Waals surface area contributed by atoms with Gasteiger partial charge in [0.25, 0.3) is 0 Å². The molecule has 0 spiro atoms. The van der Waals surface area contributed by atoms with E-state index in [-0.39, 0.29) is 0 Å². The first kappa shape index (κ1) is 7.29. The Morgan fingerprint density at radius 3 is 2.78 bits per heavy atom. The van der Waals surface area contributed by atoms with Crippen LogP contribution in [0.1, 0.15) is 27.6 Å². The van der Waals surface area contributed by atoms with Crippen LogP contribution in [-0.4, -0.2) is 21.2 Å². The topological polar surface area (TPSA) is 20.2 Å². The predicted octanol–water partition coefficient (Wildman–Crippen LogP) is 1.71. The highest BCUT2D eigenvalue weighted by Crippen LogP contribution is 1.97. The molecule has 0 heterocycles. The Balaban J connectivity index is 2.77. The van der Waals surface area contributed by atoms with Crippen molar-refractivity contribution in [3.8, 4) is 0 Å². The molecule has 0 saturated carbocycles. The molecule has 0 aliphatic rings. The van der Waals surface area contributed by atoms with E-state index in [1.54, 1.807) is 0 Å². The quantitative estimate of drug-likeness (QED) is 0.447. The molecule has 0 rings (SSSR count). The molecule has 0 saturated heterocycles. The molecule has 9 heavy (non-hydrogen) atoms. The van der Waals surface area contributed by atoms with Crippen molar-refractivity contribution >= 4 is 9.52 Å². The number of aliphatic hydroxyl groups excluding tert-OH is 1. The Morgan fingerprint density at radius 1 is 1.44 bits per heavy atom. The van der Waals surface area contributed by atoms with E-state index in [0.717, 1.165) is 15.9 Å². The smallest absolute Gasteiger partial charge is 0.0564 e. The van der Waals surface area contributed by atoms with Gasteiger partial charge in [-0.1, -0.05) is 31.9 Å². The third-order valence-corrected chi connectivity index (χ3v) is 2.67. The first-order valence-corrected chi connectivity index (χ1v) is 4.99. The first-order valence-electron chi connectivity index (χ1n) is 4.16. The molecule has 1 unspecified atom stereocenters. The van der Waals surface area contributed by atoms with E-state index in [2.05, 4.69) is 6.92 Å². The molecular weight excluding hydrogens is 128 g/mol. The SMILES string of the molecule is [3H]C(O)CCC[Si]CCC. The van der Waals surface area contributed by atoms with Crippen LogP contribution in [0.25, 0.3) is 0 Å². The molecule has 2 heteroatoms. The lowest BCUT2D eigenvalue weighted by atomic mass is 10.4. The van der Waals surface area contributed by atoms with Crippen molar-refractivity contribution in [3.05, 3.63) is 0 Å². The molecule has 0 bridgehead atoms. The zero-order valence-electron chi connectivity index (χ0n) is 7.06. The molecule has 1 nitrogen and oxygen atoms in total. The maximum Gasteiger partial charge on any atom is 0.0564 e. The van der Waals surface area contributed by atoms with E-state index in [0.29, 0.717) is 6.42 Å². The van der Waals surface area contributed by atoms with Crippen molar-refractivity contribution in [3.63, 3.8) is 0 Å². The van der Waals surface area contributed by atoms with Crippen molar-refractivity contribution in [2.45, 2.75) is 38.3 Å². The van der Waals surface area contributed by atoms with Crippen LogP contribution < -0.4 is 0 Å². The fourth-order valence-electron chi connectivity index (χ4n) is 0.620. The van der Waals surface area contributed by atoms with Crippen LogP contribution in [0.3, 0.4) is 0 Å². The summed E-state index contributed by atoms with van der Waals surface area (Å²) in [4.78, 5) is 0. The Hall–Kier alpha value is 0.177. The minimum Gasteiger partial charge on any atom is -0.396 e. The second kappa shape index (κ2) is 8.18. The normalized spacial score (nSPS) is 15.1. The standard InChI is InChI=1S/C7H16OSi/c1-2-6-9-7-4-3-5-8/h8H,2-7H2,1H3/i5T. The largest absolute Gasteiger partial charge is 0.396 e. The fourth-order valence-corrected chi connectivity index (χ4v) is 1.68. The number of hydrogen-bond donors (Lipinski definition) is 1. The van der Waals surface area contributed by atoms with Gasteiger partial charge < -0.3 is 5.11 Å². The van der Waals surface area contributed by atoms with Crippen LogP contribution in [0.4, 0.5) is 0 Å². The van der Waals surface area contributed by atoms with E-state index >= 15 is 0 Å². The third kappa shape index (κ3) is 8.18. The second-order valence-electron chi connectivity index (χ2n) is 2.07. The van der Waals surface area contributed by atoms with Crippen molar-refractivity contribution in [1.82, 2.24) is 0 Å². The Bertz CT molecular complexity index is 68.6. The minimum atomic E-state index is -0.841. The minimum absolute atomic E-state index is 0.650. The van der Waals surface area contributed by atoms with Gasteiger partial charge in [0.05, 0.1) is 1.37 Å². The Labute approximate surface area is 61.7 Å². The second-order valence-corrected chi connectivity index (χ2v) is 3.57. The molecule has 0 aromatic rings. The Kier molecular flexibility index (Phi) is 6.62. The number of rotatable bonds is 6. The van der Waals surface area contributed by atoms with Crippen molar-refractivity contribution in [2.24, 2.45) is 0 Å². The molecule has 1 N–H and O–H groups in total. The summed E-state index contributed by atoms with van der Waals surface area (Å²) >= 11 is 0. The van der Waals surface area contributed by atoms with Gasteiger partial charge >= 0.3 is 0 Å². The summed E-state index contributed by atoms with van der Waals surface area (Å²) in [7, 11) is 1.04. The lowest BCUT2D eigenvalue weighted by Gasteiger charge is -1.94. The fraction of sp³-hybridized carbons (Fsp3) is 1.00. The first-order chi connectivity index (χ1) is 4.77. The lowest BCUT2D eigenvalue weighted by Crippen LogP contribution is -1.89. The summed E-state index contributed by atoms with van der Waals surface area (Å²) < 4.78 is 6.82. The lowest BCUT2D eigenvalue weighted by molar-refractivity contribution is 0.287. The van der Waals surface area contributed by atoms with Gasteiger partial charge in [-0.3, -0.25) is 0 Å². The van der Waals surface area contributed by atoms with E-state index in [1.807, 2.05) is 0 Å². The van der Waals surface area contributed by atoms with Gasteiger partial charge in [-0.05, 0) is 6.42 Å². The summed E-state index contributed by atoms with van der Waals surface area (Å²) in [5.41, 5.74) is 0. The zero-order chi connectivity index (χ0) is 7.82. The van der Waals surface area contributed by atoms with Crippen LogP contribution in [0, 0.1) is 0 Å². The van der Waals surface area contributed by atoms with Crippen molar-refractivity contribution in [1.29, 1.82) is 0 Å². The summed E-state index contributed by atoms with van der Waals surface area (Å²) in [5, 5.41) is 8.58. The summed E-state index contributed by atoms with van der Waals surface area (Å²) in [6, 6.07) is 2.51. The highest BCUT2D eigenvalue weighted by Gasteiger charge is 1.87. The summed E-state index contributed by atoms with van der Waals surface area (Å²) in [6.45, 7) is 1.35. The predicted molar refractivity (Wildman–Crippen MR) is 42.0 cm³/mol. The van der Waals surface area contributed by atoms with Crippen LogP contribution in [0.15, 0.2) is 0 Å². The molecule has 0 aliphatic carbocycles. The van der Waals surface area contributed by atoms with E-state index in [1.165, 1.54) is 18.5 Å². The van der Waals surface area contributed by atoms with Crippen molar-refractivity contribution in [2.75, 3.05) is 6.58 Å². The maximum atomic E-state index is 8.58. The number of hydrogen-bond acceptors (Lipinski definition) is 1. The van der Waals surface area contributed by atoms with Gasteiger partial charge in [-0.25, -0.2) is 0 Å². The molecule has 1 atom stereocenters. The van der Waals surface area contributed by atoms with Gasteiger partial charge in [0.2, 0.25) is 0 Å². The van der Waals surface area contributed by atoms with E-state index in [9.17, 15) is 0 Å². The van der Waals surface area contributed by atoms with Gasteiger partial charge in [-0.15, -0.1) is 0 Å². The van der Waals surface area contributed by atoms with Gasteiger partial charge in [-0.2, -0.15) is 0 Å². The van der Waals surface area contributed by atoms with Crippen LogP contribution in [0.5, 0.6) is 0 Å². The third-order valence-electron chi connectivity index (χ3n) is 1.11. The van der Waals surface area contributed by atoms with E-state index < -0.39 is 6.58 Å².